The number of rotatable bonds is 22. The monoisotopic (exact) mass is 1370 g/mol. The molecule has 8 N–H and O–H groups in total. The SMILES string of the molecule is CCNC1COC(OC2C(O[C@H]3C#C/C=C\C#C[C@]4(O)CC(=O)C(NC(=O)OC)=C3/C4=C\CSSSC)OC(C)C(NOC3CC(O)C(SC(=O)c4c(C)c(I)c(OC5OC(C)C(O)C(OC)C5O)c(OC)c4OC)C(C)O3)C2O)CC1OC. The summed E-state index contributed by atoms with van der Waals surface area (Å²) in [6, 6.07) is -1.27. The first kappa shape index (κ1) is 68.5. The highest BCUT2D eigenvalue weighted by atomic mass is 127. The highest BCUT2D eigenvalue weighted by Crippen LogP contribution is 2.49. The van der Waals surface area contributed by atoms with E-state index in [1.807, 2.05) is 35.8 Å². The first-order valence-electron chi connectivity index (χ1n) is 26.9. The van der Waals surface area contributed by atoms with Gasteiger partial charge in [0, 0.05) is 44.0 Å². The number of ketones is 1. The molecule has 1 aromatic carbocycles. The predicted octanol–water partition coefficient (Wildman–Crippen LogP) is 3.20. The summed E-state index contributed by atoms with van der Waals surface area (Å²) in [7, 11) is 11.3. The van der Waals surface area contributed by atoms with Crippen LogP contribution in [0.5, 0.6) is 17.2 Å². The Balaban J connectivity index is 1.12. The van der Waals surface area contributed by atoms with Gasteiger partial charge in [-0.2, -0.15) is 5.48 Å². The molecular formula is C55H74IN3O21S4. The molecule has 466 valence electrons. The van der Waals surface area contributed by atoms with E-state index in [2.05, 4.69) is 39.8 Å². The summed E-state index contributed by atoms with van der Waals surface area (Å²) in [5.41, 5.74) is 1.30. The largest absolute Gasteiger partial charge is 0.492 e. The van der Waals surface area contributed by atoms with Crippen LogP contribution in [0.4, 0.5) is 4.79 Å². The van der Waals surface area contributed by atoms with Gasteiger partial charge in [0.25, 0.3) is 0 Å². The Morgan fingerprint density at radius 1 is 0.881 bits per heavy atom. The third kappa shape index (κ3) is 15.7. The minimum absolute atomic E-state index is 0.0155. The molecule has 4 saturated heterocycles. The van der Waals surface area contributed by atoms with Crippen molar-refractivity contribution >= 4 is 82.8 Å². The van der Waals surface area contributed by atoms with E-state index in [4.69, 9.17) is 61.7 Å². The molecule has 7 rings (SSSR count). The van der Waals surface area contributed by atoms with E-state index in [1.165, 1.54) is 64.9 Å². The van der Waals surface area contributed by atoms with Crippen LogP contribution in [0.3, 0.4) is 0 Å². The van der Waals surface area contributed by atoms with Gasteiger partial charge in [-0.3, -0.25) is 19.7 Å². The van der Waals surface area contributed by atoms with Crippen molar-refractivity contribution in [2.75, 3.05) is 60.7 Å². The average Bonchev–Trinajstić information content (AvgIpc) is 1.36. The van der Waals surface area contributed by atoms with E-state index >= 15 is 0 Å². The van der Waals surface area contributed by atoms with Crippen LogP contribution in [-0.4, -0.2) is 218 Å². The quantitative estimate of drug-likeness (QED) is 0.0272. The fraction of sp³-hybridized carbons (Fsp3) is 0.655. The highest BCUT2D eigenvalue weighted by molar-refractivity contribution is 14.1. The minimum Gasteiger partial charge on any atom is -0.492 e. The molecule has 4 heterocycles. The van der Waals surface area contributed by atoms with Crippen molar-refractivity contribution in [1.29, 1.82) is 0 Å². The predicted molar refractivity (Wildman–Crippen MR) is 320 cm³/mol. The Kier molecular flexibility index (Phi) is 25.7. The number of amides is 1. The topological polar surface area (TPSA) is 308 Å². The molecule has 1 amide bonds. The van der Waals surface area contributed by atoms with Crippen LogP contribution in [-0.2, 0) is 52.3 Å². The lowest BCUT2D eigenvalue weighted by atomic mass is 9.75. The summed E-state index contributed by atoms with van der Waals surface area (Å²) in [6.45, 7) is 9.41. The van der Waals surface area contributed by atoms with Crippen molar-refractivity contribution < 1.29 is 102 Å². The standard InChI is InChI=1S/C55H74IN3O21S4/c1-12-57-30-24-73-35(22-34(30)68-6)78-48-43(63)40(26(3)75-53(48)77-33-17-15-13-14-16-19-55(67)23-32(61)41(58-54(66)72-10)38(33)29(55)18-20-82-84-81-11)59-80-36-21-31(60)50(28(5)74-36)83-51(65)37-25(2)39(56)46(49(71-9)45(37)69-7)79-52-44(64)47(70-8)42(62)27(4)76-52/h13-14,18,26-28,30-31,33-36,40,42-44,47-48,50,52-53,57,59-60,62-64,67H,12,20-24H2,1-11H3,(H,58,66)/b14-13-,29-18+/t26?,27?,28?,30?,31?,33-,34?,35?,36?,40?,42?,43?,44?,47?,48?,50?,52?,53?,55-/m0/s1. The van der Waals surface area contributed by atoms with Crippen molar-refractivity contribution in [3.8, 4) is 40.9 Å². The number of allylic oxidation sites excluding steroid dienone is 3. The molecule has 17 unspecified atom stereocenters. The van der Waals surface area contributed by atoms with Gasteiger partial charge in [0.15, 0.2) is 41.8 Å². The van der Waals surface area contributed by atoms with E-state index in [-0.39, 0.29) is 71.2 Å². The molecular weight excluding hydrogens is 1290 g/mol. The number of hydrogen-bond acceptors (Lipinski definition) is 27. The molecule has 4 aliphatic heterocycles. The van der Waals surface area contributed by atoms with Crippen molar-refractivity contribution in [3.05, 3.63) is 49.8 Å². The number of fused-ring (bicyclic) bond motifs is 2. The number of aliphatic hydroxyl groups excluding tert-OH is 4. The van der Waals surface area contributed by atoms with Crippen LogP contribution in [0, 0.1) is 34.2 Å². The number of hydroxylamine groups is 1. The number of nitrogens with one attached hydrogen (secondary N) is 3. The third-order valence-corrected chi connectivity index (χ3v) is 21.2. The number of carbonyl (C=O) groups excluding carboxylic acids is 3. The summed E-state index contributed by atoms with van der Waals surface area (Å²) >= 11 is 2.83. The first-order valence-corrected chi connectivity index (χ1v) is 32.9. The van der Waals surface area contributed by atoms with Gasteiger partial charge in [-0.25, -0.2) is 4.79 Å². The Labute approximate surface area is 517 Å². The lowest BCUT2D eigenvalue weighted by molar-refractivity contribution is -0.336. The molecule has 84 heavy (non-hydrogen) atoms. The molecule has 6 aliphatic rings. The number of benzene rings is 1. The van der Waals surface area contributed by atoms with Crippen LogP contribution < -0.4 is 30.3 Å². The second-order valence-corrected chi connectivity index (χ2v) is 26.7. The molecule has 0 spiro atoms. The smallest absolute Gasteiger partial charge is 0.411 e. The number of carbonyl (C=O) groups is 3. The third-order valence-electron chi connectivity index (χ3n) is 14.8. The first-order chi connectivity index (χ1) is 40.2. The van der Waals surface area contributed by atoms with Crippen molar-refractivity contribution in [2.45, 2.75) is 169 Å². The molecule has 4 fully saturated rings. The number of methoxy groups -OCH3 is 5. The molecule has 0 aromatic heterocycles. The van der Waals surface area contributed by atoms with Gasteiger partial charge >= 0.3 is 6.09 Å². The van der Waals surface area contributed by atoms with Crippen LogP contribution in [0.2, 0.25) is 0 Å². The van der Waals surface area contributed by atoms with Crippen LogP contribution in [0.15, 0.2) is 35.1 Å². The van der Waals surface area contributed by atoms with E-state index in [1.54, 1.807) is 40.9 Å². The van der Waals surface area contributed by atoms with Gasteiger partial charge in [-0.15, -0.1) is 0 Å². The summed E-state index contributed by atoms with van der Waals surface area (Å²) in [4.78, 5) is 47.5. The second-order valence-electron chi connectivity index (χ2n) is 20.1. The summed E-state index contributed by atoms with van der Waals surface area (Å²) in [5, 5.41) is 62.7. The Bertz CT molecular complexity index is 2710. The van der Waals surface area contributed by atoms with Crippen molar-refractivity contribution in [3.63, 3.8) is 0 Å². The fourth-order valence-corrected chi connectivity index (χ4v) is 14.7. The second kappa shape index (κ2) is 31.5. The van der Waals surface area contributed by atoms with E-state index < -0.39 is 127 Å². The summed E-state index contributed by atoms with van der Waals surface area (Å²) in [6.07, 6.45) is -11.9. The number of aliphatic hydroxyl groups is 5. The maximum atomic E-state index is 14.4. The van der Waals surface area contributed by atoms with Crippen molar-refractivity contribution in [1.82, 2.24) is 16.1 Å². The number of alkyl carbamates (subject to hydrolysis) is 1. The molecule has 1 aromatic rings. The normalized spacial score (nSPS) is 35.9. The van der Waals surface area contributed by atoms with Crippen LogP contribution >= 0.6 is 65.8 Å². The maximum Gasteiger partial charge on any atom is 0.411 e. The van der Waals surface area contributed by atoms with Gasteiger partial charge in [0.1, 0.15) is 36.6 Å². The molecule has 24 nitrogen and oxygen atoms in total. The molecule has 29 heteroatoms. The van der Waals surface area contributed by atoms with Gasteiger partial charge in [0.05, 0.1) is 97.0 Å². The number of thioether (sulfide) groups is 1. The molecule has 2 aliphatic carbocycles. The zero-order valence-electron chi connectivity index (χ0n) is 48.1. The van der Waals surface area contributed by atoms with Crippen molar-refractivity contribution in [2.24, 2.45) is 0 Å². The number of likely N-dealkylation sites (N-methyl/N-ethyl adjacent to an activating group) is 1. The van der Waals surface area contributed by atoms with Gasteiger partial charge in [-0.1, -0.05) is 70.0 Å². The summed E-state index contributed by atoms with van der Waals surface area (Å²) < 4.78 is 72.5. The highest BCUT2D eigenvalue weighted by Gasteiger charge is 2.52. The molecule has 0 saturated carbocycles. The lowest BCUT2D eigenvalue weighted by Gasteiger charge is -2.46. The number of halogens is 1. The average molecular weight is 1370 g/mol. The number of ether oxygens (including phenoxy) is 12. The van der Waals surface area contributed by atoms with Gasteiger partial charge in [-0.05, 0) is 90.6 Å². The Morgan fingerprint density at radius 2 is 1.61 bits per heavy atom. The van der Waals surface area contributed by atoms with Crippen LogP contribution in [0.25, 0.3) is 0 Å². The zero-order chi connectivity index (χ0) is 61.2. The molecule has 2 bridgehead atoms. The van der Waals surface area contributed by atoms with Gasteiger partial charge in [0.2, 0.25) is 17.2 Å². The minimum atomic E-state index is -2.05. The van der Waals surface area contributed by atoms with Gasteiger partial charge < -0.3 is 87.7 Å². The number of hydrogen-bond donors (Lipinski definition) is 8. The van der Waals surface area contributed by atoms with E-state index in [0.29, 0.717) is 21.4 Å². The maximum absolute atomic E-state index is 14.4. The lowest BCUT2D eigenvalue weighted by Crippen LogP contribution is -2.65. The summed E-state index contributed by atoms with van der Waals surface area (Å²) in [5.74, 6) is 11.3. The fourth-order valence-electron chi connectivity index (χ4n) is 10.5. The van der Waals surface area contributed by atoms with E-state index in [0.717, 1.165) is 18.9 Å². The number of Topliss-reactive ketones (excluding diaryl/α,β-unsaturated/α-hetero) is 1. The van der Waals surface area contributed by atoms with Crippen LogP contribution in [0.1, 0.15) is 62.9 Å². The van der Waals surface area contributed by atoms with E-state index in [9.17, 15) is 39.9 Å². The molecule has 19 atom stereocenters. The Morgan fingerprint density at radius 3 is 2.27 bits per heavy atom. The Hall–Kier alpha value is -2.94. The molecule has 0 radical (unpaired) electrons. The zero-order valence-corrected chi connectivity index (χ0v) is 53.6.